The van der Waals surface area contributed by atoms with Crippen LogP contribution in [-0.4, -0.2) is 25.7 Å². The van der Waals surface area contributed by atoms with Gasteiger partial charge in [-0.15, -0.1) is 0 Å². The molecule has 0 fully saturated rings. The van der Waals surface area contributed by atoms with Crippen molar-refractivity contribution in [3.8, 4) is 17.2 Å². The number of carbonyl (C=O) groups is 2. The van der Waals surface area contributed by atoms with Gasteiger partial charge in [-0.2, -0.15) is 0 Å². The SMILES string of the molecule is COc1ccccc1NC(=O)c1ccc(NC(=O)CCc2ccc3c(c2)OCO3)cc1. The number of anilines is 2. The second-order valence-electron chi connectivity index (χ2n) is 6.97. The zero-order valence-corrected chi connectivity index (χ0v) is 17.0. The van der Waals surface area contributed by atoms with E-state index in [-0.39, 0.29) is 18.6 Å². The lowest BCUT2D eigenvalue weighted by atomic mass is 10.1. The third kappa shape index (κ3) is 4.95. The maximum absolute atomic E-state index is 12.5. The summed E-state index contributed by atoms with van der Waals surface area (Å²) in [5.41, 5.74) is 2.70. The first-order valence-electron chi connectivity index (χ1n) is 9.85. The molecule has 0 saturated carbocycles. The summed E-state index contributed by atoms with van der Waals surface area (Å²) >= 11 is 0. The van der Waals surface area contributed by atoms with E-state index in [0.717, 1.165) is 11.3 Å². The molecule has 7 nitrogen and oxygen atoms in total. The molecule has 3 aromatic rings. The molecule has 0 spiro atoms. The van der Waals surface area contributed by atoms with Crippen LogP contribution in [0.3, 0.4) is 0 Å². The zero-order valence-electron chi connectivity index (χ0n) is 17.0. The van der Waals surface area contributed by atoms with Crippen molar-refractivity contribution in [2.75, 3.05) is 24.5 Å². The van der Waals surface area contributed by atoms with E-state index in [1.165, 1.54) is 0 Å². The Morgan fingerprint density at radius 2 is 1.71 bits per heavy atom. The van der Waals surface area contributed by atoms with Crippen molar-refractivity contribution in [1.29, 1.82) is 0 Å². The van der Waals surface area contributed by atoms with Crippen LogP contribution in [0.2, 0.25) is 0 Å². The molecule has 4 rings (SSSR count). The van der Waals surface area contributed by atoms with Crippen molar-refractivity contribution >= 4 is 23.2 Å². The number of methoxy groups -OCH3 is 1. The third-order valence-electron chi connectivity index (χ3n) is 4.86. The molecule has 0 aromatic heterocycles. The fourth-order valence-corrected chi connectivity index (χ4v) is 3.23. The van der Waals surface area contributed by atoms with Crippen LogP contribution in [0.15, 0.2) is 66.7 Å². The summed E-state index contributed by atoms with van der Waals surface area (Å²) < 4.78 is 15.9. The summed E-state index contributed by atoms with van der Waals surface area (Å²) in [6.45, 7) is 0.228. The predicted molar refractivity (Wildman–Crippen MR) is 117 cm³/mol. The van der Waals surface area contributed by atoms with Gasteiger partial charge in [-0.05, 0) is 60.5 Å². The summed E-state index contributed by atoms with van der Waals surface area (Å²) in [5.74, 6) is 1.65. The first kappa shape index (κ1) is 20.3. The van der Waals surface area contributed by atoms with Gasteiger partial charge in [-0.3, -0.25) is 9.59 Å². The van der Waals surface area contributed by atoms with Gasteiger partial charge in [0.15, 0.2) is 11.5 Å². The number of carbonyl (C=O) groups excluding carboxylic acids is 2. The molecule has 3 aromatic carbocycles. The summed E-state index contributed by atoms with van der Waals surface area (Å²) in [7, 11) is 1.55. The van der Waals surface area contributed by atoms with E-state index in [1.807, 2.05) is 30.3 Å². The largest absolute Gasteiger partial charge is 0.495 e. The van der Waals surface area contributed by atoms with Crippen molar-refractivity contribution in [2.45, 2.75) is 12.8 Å². The number of ether oxygens (including phenoxy) is 3. The molecule has 2 N–H and O–H groups in total. The van der Waals surface area contributed by atoms with E-state index in [9.17, 15) is 9.59 Å². The highest BCUT2D eigenvalue weighted by Gasteiger charge is 2.14. The standard InChI is InChI=1S/C24H22N2O5/c1-29-20-5-3-2-4-19(20)26-24(28)17-8-10-18(11-9-17)25-23(27)13-7-16-6-12-21-22(14-16)31-15-30-21/h2-6,8-12,14H,7,13,15H2,1H3,(H,25,27)(H,26,28). The number of hydrogen-bond donors (Lipinski definition) is 2. The Bertz CT molecular complexity index is 1100. The van der Waals surface area contributed by atoms with Gasteiger partial charge in [0.05, 0.1) is 12.8 Å². The first-order valence-corrected chi connectivity index (χ1v) is 9.85. The highest BCUT2D eigenvalue weighted by Crippen LogP contribution is 2.32. The van der Waals surface area contributed by atoms with Crippen molar-refractivity contribution in [2.24, 2.45) is 0 Å². The van der Waals surface area contributed by atoms with Crippen molar-refractivity contribution < 1.29 is 23.8 Å². The van der Waals surface area contributed by atoms with Gasteiger partial charge in [-0.25, -0.2) is 0 Å². The Hall–Kier alpha value is -4.00. The van der Waals surface area contributed by atoms with Gasteiger partial charge in [0.1, 0.15) is 5.75 Å². The minimum atomic E-state index is -0.259. The quantitative estimate of drug-likeness (QED) is 0.599. The van der Waals surface area contributed by atoms with Crippen LogP contribution in [0.1, 0.15) is 22.3 Å². The van der Waals surface area contributed by atoms with E-state index in [1.54, 1.807) is 43.5 Å². The Morgan fingerprint density at radius 3 is 2.52 bits per heavy atom. The number of nitrogens with one attached hydrogen (secondary N) is 2. The summed E-state index contributed by atoms with van der Waals surface area (Å²) in [5, 5.41) is 5.68. The highest BCUT2D eigenvalue weighted by atomic mass is 16.7. The third-order valence-corrected chi connectivity index (χ3v) is 4.86. The summed E-state index contributed by atoms with van der Waals surface area (Å²) in [6, 6.07) is 19.6. The molecule has 1 aliphatic rings. The maximum Gasteiger partial charge on any atom is 0.255 e. The Labute approximate surface area is 179 Å². The summed E-state index contributed by atoms with van der Waals surface area (Å²) in [4.78, 5) is 24.8. The molecule has 7 heteroatoms. The zero-order chi connectivity index (χ0) is 21.6. The van der Waals surface area contributed by atoms with E-state index in [0.29, 0.717) is 41.3 Å². The fraction of sp³-hybridized carbons (Fsp3) is 0.167. The number of benzene rings is 3. The van der Waals surface area contributed by atoms with E-state index in [2.05, 4.69) is 10.6 Å². The predicted octanol–water partition coefficient (Wildman–Crippen LogP) is 4.25. The lowest BCUT2D eigenvalue weighted by Crippen LogP contribution is -2.14. The minimum absolute atomic E-state index is 0.108. The van der Waals surface area contributed by atoms with Crippen LogP contribution in [-0.2, 0) is 11.2 Å². The fourth-order valence-electron chi connectivity index (χ4n) is 3.23. The van der Waals surface area contributed by atoms with Gasteiger partial charge in [-0.1, -0.05) is 18.2 Å². The van der Waals surface area contributed by atoms with Gasteiger partial charge in [0.25, 0.3) is 5.91 Å². The molecule has 0 aliphatic carbocycles. The van der Waals surface area contributed by atoms with Gasteiger partial charge in [0, 0.05) is 17.7 Å². The normalized spacial score (nSPS) is 11.6. The molecule has 0 unspecified atom stereocenters. The highest BCUT2D eigenvalue weighted by molar-refractivity contribution is 6.05. The molecule has 2 amide bonds. The van der Waals surface area contributed by atoms with Crippen molar-refractivity contribution in [1.82, 2.24) is 0 Å². The topological polar surface area (TPSA) is 85.9 Å². The van der Waals surface area contributed by atoms with E-state index in [4.69, 9.17) is 14.2 Å². The number of rotatable bonds is 7. The van der Waals surface area contributed by atoms with Crippen molar-refractivity contribution in [3.63, 3.8) is 0 Å². The molecule has 0 atom stereocenters. The summed E-state index contributed by atoms with van der Waals surface area (Å²) in [6.07, 6.45) is 0.914. The van der Waals surface area contributed by atoms with Crippen LogP contribution in [0.25, 0.3) is 0 Å². The Balaban J connectivity index is 1.30. The molecule has 158 valence electrons. The van der Waals surface area contributed by atoms with Crippen LogP contribution in [0.5, 0.6) is 17.2 Å². The van der Waals surface area contributed by atoms with Gasteiger partial charge >= 0.3 is 0 Å². The average Bonchev–Trinajstić information content (AvgIpc) is 3.26. The Morgan fingerprint density at radius 1 is 0.935 bits per heavy atom. The minimum Gasteiger partial charge on any atom is -0.495 e. The molecule has 1 heterocycles. The smallest absolute Gasteiger partial charge is 0.255 e. The molecule has 0 radical (unpaired) electrons. The van der Waals surface area contributed by atoms with Crippen molar-refractivity contribution in [3.05, 3.63) is 77.9 Å². The molecule has 0 bridgehead atoms. The van der Waals surface area contributed by atoms with Gasteiger partial charge in [0.2, 0.25) is 12.7 Å². The number of fused-ring (bicyclic) bond motifs is 1. The first-order chi connectivity index (χ1) is 15.1. The monoisotopic (exact) mass is 418 g/mol. The van der Waals surface area contributed by atoms with E-state index < -0.39 is 0 Å². The molecule has 1 aliphatic heterocycles. The molecule has 0 saturated heterocycles. The Kier molecular flexibility index (Phi) is 6.03. The average molecular weight is 418 g/mol. The maximum atomic E-state index is 12.5. The van der Waals surface area contributed by atoms with Crippen LogP contribution in [0, 0.1) is 0 Å². The van der Waals surface area contributed by atoms with Crippen LogP contribution in [0.4, 0.5) is 11.4 Å². The second kappa shape index (κ2) is 9.21. The number of aryl methyl sites for hydroxylation is 1. The second-order valence-corrected chi connectivity index (χ2v) is 6.97. The number of hydrogen-bond acceptors (Lipinski definition) is 5. The van der Waals surface area contributed by atoms with Gasteiger partial charge < -0.3 is 24.8 Å². The molecule has 31 heavy (non-hydrogen) atoms. The number of amides is 2. The molecular formula is C24H22N2O5. The van der Waals surface area contributed by atoms with Crippen LogP contribution < -0.4 is 24.8 Å². The lowest BCUT2D eigenvalue weighted by Gasteiger charge is -2.10. The van der Waals surface area contributed by atoms with Crippen LogP contribution >= 0.6 is 0 Å². The van der Waals surface area contributed by atoms with E-state index >= 15 is 0 Å². The molecular weight excluding hydrogens is 396 g/mol. The lowest BCUT2D eigenvalue weighted by molar-refractivity contribution is -0.116. The number of para-hydroxylation sites is 2.